The Morgan fingerprint density at radius 1 is 1.00 bits per heavy atom. The standard InChI is InChI=1S/C18H24N8O3/c1-22-15-14(16(28)23(2)18(22)29)26(12-21-15)11-13(27)10-24-6-8-25(9-7-24)17-19-4-3-5-20-17/h3-5,12-13,27H,6-11H2,1-2H3/t13-/m1/s1. The summed E-state index contributed by atoms with van der Waals surface area (Å²) in [5.74, 6) is 0.721. The number of aliphatic hydroxyl groups excluding tert-OH is 1. The lowest BCUT2D eigenvalue weighted by Crippen LogP contribution is -2.49. The van der Waals surface area contributed by atoms with Crippen LogP contribution in [0.3, 0.4) is 0 Å². The van der Waals surface area contributed by atoms with Gasteiger partial charge in [0.25, 0.3) is 5.56 Å². The van der Waals surface area contributed by atoms with Crippen LogP contribution in [0.2, 0.25) is 0 Å². The summed E-state index contributed by atoms with van der Waals surface area (Å²) in [7, 11) is 3.02. The topological polar surface area (TPSA) is 114 Å². The van der Waals surface area contributed by atoms with Crippen molar-refractivity contribution in [3.63, 3.8) is 0 Å². The van der Waals surface area contributed by atoms with Crippen LogP contribution in [-0.2, 0) is 20.6 Å². The van der Waals surface area contributed by atoms with E-state index in [0.717, 1.165) is 36.7 Å². The van der Waals surface area contributed by atoms with E-state index < -0.39 is 17.4 Å². The van der Waals surface area contributed by atoms with Gasteiger partial charge in [-0.05, 0) is 6.07 Å². The lowest BCUT2D eigenvalue weighted by Gasteiger charge is -2.35. The predicted molar refractivity (Wildman–Crippen MR) is 107 cm³/mol. The second-order valence-corrected chi connectivity index (χ2v) is 7.27. The molecule has 0 saturated carbocycles. The summed E-state index contributed by atoms with van der Waals surface area (Å²) in [6.07, 6.45) is 4.29. The van der Waals surface area contributed by atoms with Gasteiger partial charge in [-0.2, -0.15) is 0 Å². The van der Waals surface area contributed by atoms with E-state index in [1.807, 2.05) is 0 Å². The van der Waals surface area contributed by atoms with E-state index in [4.69, 9.17) is 0 Å². The Balaban J connectivity index is 1.42. The van der Waals surface area contributed by atoms with E-state index in [0.29, 0.717) is 17.7 Å². The smallest absolute Gasteiger partial charge is 0.332 e. The molecule has 4 heterocycles. The highest BCUT2D eigenvalue weighted by atomic mass is 16.3. The largest absolute Gasteiger partial charge is 0.390 e. The number of piperazine rings is 1. The van der Waals surface area contributed by atoms with Gasteiger partial charge in [0.05, 0.1) is 19.0 Å². The lowest BCUT2D eigenvalue weighted by atomic mass is 10.2. The van der Waals surface area contributed by atoms with Gasteiger partial charge in [0.2, 0.25) is 5.95 Å². The molecule has 1 atom stereocenters. The van der Waals surface area contributed by atoms with E-state index >= 15 is 0 Å². The van der Waals surface area contributed by atoms with E-state index in [1.54, 1.807) is 30.1 Å². The third kappa shape index (κ3) is 3.66. The van der Waals surface area contributed by atoms with Crippen molar-refractivity contribution in [3.05, 3.63) is 45.6 Å². The highest BCUT2D eigenvalue weighted by Gasteiger charge is 2.22. The number of β-amino-alcohol motifs (C(OH)–C–C–N with tert-alkyl or cyclic N) is 1. The fraction of sp³-hybridized carbons (Fsp3) is 0.500. The van der Waals surface area contributed by atoms with Crippen molar-refractivity contribution in [2.24, 2.45) is 14.1 Å². The molecule has 0 bridgehead atoms. The van der Waals surface area contributed by atoms with Crippen molar-refractivity contribution < 1.29 is 5.11 Å². The Morgan fingerprint density at radius 3 is 2.38 bits per heavy atom. The van der Waals surface area contributed by atoms with Crippen LogP contribution in [0, 0.1) is 0 Å². The molecule has 0 amide bonds. The maximum Gasteiger partial charge on any atom is 0.332 e. The average Bonchev–Trinajstić information content (AvgIpc) is 3.15. The minimum atomic E-state index is -0.672. The Labute approximate surface area is 166 Å². The quantitative estimate of drug-likeness (QED) is 0.545. The minimum absolute atomic E-state index is 0.228. The van der Waals surface area contributed by atoms with Gasteiger partial charge in [-0.15, -0.1) is 0 Å². The molecule has 4 rings (SSSR count). The molecule has 1 N–H and O–H groups in total. The molecule has 0 radical (unpaired) electrons. The number of aliphatic hydroxyl groups is 1. The summed E-state index contributed by atoms with van der Waals surface area (Å²) in [5, 5.41) is 10.6. The van der Waals surface area contributed by atoms with Crippen LogP contribution in [0.5, 0.6) is 0 Å². The van der Waals surface area contributed by atoms with Crippen molar-refractivity contribution in [1.82, 2.24) is 33.6 Å². The zero-order valence-electron chi connectivity index (χ0n) is 16.5. The van der Waals surface area contributed by atoms with Crippen molar-refractivity contribution in [3.8, 4) is 0 Å². The maximum absolute atomic E-state index is 12.5. The van der Waals surface area contributed by atoms with Crippen LogP contribution < -0.4 is 16.1 Å². The summed E-state index contributed by atoms with van der Waals surface area (Å²) < 4.78 is 4.01. The van der Waals surface area contributed by atoms with Crippen molar-refractivity contribution in [2.45, 2.75) is 12.6 Å². The SMILES string of the molecule is Cn1c(=O)c2c(ncn2C[C@H](O)CN2CCN(c3ncccn3)CC2)n(C)c1=O. The number of rotatable bonds is 5. The van der Waals surface area contributed by atoms with Crippen molar-refractivity contribution in [2.75, 3.05) is 37.6 Å². The minimum Gasteiger partial charge on any atom is -0.390 e. The molecular formula is C18H24N8O3. The first kappa shape index (κ1) is 19.3. The Hall–Kier alpha value is -3.05. The Morgan fingerprint density at radius 2 is 1.69 bits per heavy atom. The number of hydrogen-bond donors (Lipinski definition) is 1. The van der Waals surface area contributed by atoms with Gasteiger partial charge in [0, 0.05) is 59.2 Å². The van der Waals surface area contributed by atoms with Crippen LogP contribution in [0.15, 0.2) is 34.4 Å². The number of aromatic nitrogens is 6. The number of nitrogens with zero attached hydrogens (tertiary/aromatic N) is 8. The third-order valence-corrected chi connectivity index (χ3v) is 5.30. The summed E-state index contributed by atoms with van der Waals surface area (Å²) in [4.78, 5) is 41.6. The molecule has 0 aliphatic carbocycles. The zero-order chi connectivity index (χ0) is 20.5. The normalized spacial score (nSPS) is 16.4. The molecule has 0 spiro atoms. The summed E-state index contributed by atoms with van der Waals surface area (Å²) in [6.45, 7) is 3.86. The molecule has 0 unspecified atom stereocenters. The van der Waals surface area contributed by atoms with Crippen LogP contribution in [-0.4, -0.2) is 77.5 Å². The molecule has 0 aromatic carbocycles. The van der Waals surface area contributed by atoms with Crippen LogP contribution >= 0.6 is 0 Å². The molecule has 11 nitrogen and oxygen atoms in total. The molecule has 11 heteroatoms. The number of aryl methyl sites for hydroxylation is 1. The third-order valence-electron chi connectivity index (χ3n) is 5.30. The molecule has 1 aliphatic heterocycles. The van der Waals surface area contributed by atoms with E-state index in [9.17, 15) is 14.7 Å². The fourth-order valence-corrected chi connectivity index (χ4v) is 3.70. The number of hydrogen-bond acceptors (Lipinski definition) is 8. The number of imidazole rings is 1. The molecule has 1 fully saturated rings. The predicted octanol–water partition coefficient (Wildman–Crippen LogP) is -1.59. The van der Waals surface area contributed by atoms with E-state index in [-0.39, 0.29) is 6.54 Å². The molecule has 1 saturated heterocycles. The van der Waals surface area contributed by atoms with Gasteiger partial charge in [-0.3, -0.25) is 18.8 Å². The summed E-state index contributed by atoms with van der Waals surface area (Å²) >= 11 is 0. The first-order valence-corrected chi connectivity index (χ1v) is 9.49. The number of anilines is 1. The second kappa shape index (κ2) is 7.76. The summed E-state index contributed by atoms with van der Waals surface area (Å²) in [6, 6.07) is 1.79. The Kier molecular flexibility index (Phi) is 5.16. The fourth-order valence-electron chi connectivity index (χ4n) is 3.70. The van der Waals surface area contributed by atoms with Gasteiger partial charge in [-0.25, -0.2) is 19.7 Å². The molecule has 154 valence electrons. The monoisotopic (exact) mass is 400 g/mol. The Bertz CT molecular complexity index is 1110. The molecule has 3 aromatic rings. The maximum atomic E-state index is 12.5. The molecule has 1 aliphatic rings. The lowest BCUT2D eigenvalue weighted by molar-refractivity contribution is 0.0957. The van der Waals surface area contributed by atoms with Gasteiger partial charge in [0.1, 0.15) is 0 Å². The zero-order valence-corrected chi connectivity index (χ0v) is 16.5. The van der Waals surface area contributed by atoms with Crippen LogP contribution in [0.1, 0.15) is 0 Å². The molecule has 29 heavy (non-hydrogen) atoms. The van der Waals surface area contributed by atoms with Gasteiger partial charge < -0.3 is 14.6 Å². The second-order valence-electron chi connectivity index (χ2n) is 7.27. The highest BCUT2D eigenvalue weighted by Crippen LogP contribution is 2.11. The number of fused-ring (bicyclic) bond motifs is 1. The average molecular weight is 400 g/mol. The van der Waals surface area contributed by atoms with Gasteiger partial charge in [0.15, 0.2) is 11.2 Å². The van der Waals surface area contributed by atoms with Gasteiger partial charge >= 0.3 is 5.69 Å². The van der Waals surface area contributed by atoms with E-state index in [2.05, 4.69) is 24.8 Å². The first-order valence-electron chi connectivity index (χ1n) is 9.49. The van der Waals surface area contributed by atoms with E-state index in [1.165, 1.54) is 17.9 Å². The van der Waals surface area contributed by atoms with Crippen LogP contribution in [0.4, 0.5) is 5.95 Å². The van der Waals surface area contributed by atoms with Gasteiger partial charge in [-0.1, -0.05) is 0 Å². The van der Waals surface area contributed by atoms with Crippen molar-refractivity contribution in [1.29, 1.82) is 0 Å². The molecule has 3 aromatic heterocycles. The van der Waals surface area contributed by atoms with Crippen LogP contribution in [0.25, 0.3) is 11.2 Å². The highest BCUT2D eigenvalue weighted by molar-refractivity contribution is 5.69. The first-order chi connectivity index (χ1) is 14.0. The van der Waals surface area contributed by atoms with Crippen molar-refractivity contribution >= 4 is 17.1 Å². The summed E-state index contributed by atoms with van der Waals surface area (Å²) in [5.41, 5.74) is -0.195. The molecular weight excluding hydrogens is 376 g/mol.